The van der Waals surface area contributed by atoms with Crippen molar-refractivity contribution < 1.29 is 9.59 Å². The first-order valence-corrected chi connectivity index (χ1v) is 9.13. The Labute approximate surface area is 147 Å². The molecule has 2 rings (SSSR count). The van der Waals surface area contributed by atoms with E-state index in [4.69, 9.17) is 0 Å². The Morgan fingerprint density at radius 1 is 1.33 bits per heavy atom. The van der Waals surface area contributed by atoms with E-state index in [1.165, 1.54) is 17.3 Å². The lowest BCUT2D eigenvalue weighted by Crippen LogP contribution is -2.32. The van der Waals surface area contributed by atoms with Gasteiger partial charge in [0.25, 0.3) is 0 Å². The monoisotopic (exact) mass is 347 g/mol. The van der Waals surface area contributed by atoms with Crippen molar-refractivity contribution in [2.24, 2.45) is 10.9 Å². The molecule has 130 valence electrons. The number of aliphatic imine (C=N–C) groups is 1. The van der Waals surface area contributed by atoms with E-state index in [1.807, 2.05) is 32.0 Å². The van der Waals surface area contributed by atoms with Crippen molar-refractivity contribution in [3.63, 3.8) is 0 Å². The highest BCUT2D eigenvalue weighted by atomic mass is 32.2. The molecule has 1 saturated heterocycles. The number of amides is 2. The van der Waals surface area contributed by atoms with Gasteiger partial charge in [0.15, 0.2) is 5.17 Å². The van der Waals surface area contributed by atoms with Crippen LogP contribution in [0.15, 0.2) is 23.2 Å². The largest absolute Gasteiger partial charge is 0.356 e. The molecule has 0 bridgehead atoms. The molecule has 0 saturated carbocycles. The molecule has 1 aliphatic heterocycles. The molecular weight excluding hydrogens is 322 g/mol. The van der Waals surface area contributed by atoms with Crippen molar-refractivity contribution in [3.8, 4) is 0 Å². The molecular formula is C18H25N3O2S. The zero-order valence-electron chi connectivity index (χ0n) is 14.7. The van der Waals surface area contributed by atoms with Crippen molar-refractivity contribution in [3.05, 3.63) is 29.3 Å². The molecule has 6 heteroatoms. The smallest absolute Gasteiger partial charge is 0.240 e. The van der Waals surface area contributed by atoms with Gasteiger partial charge in [-0.25, -0.2) is 4.99 Å². The number of nitrogens with one attached hydrogen (secondary N) is 2. The van der Waals surface area contributed by atoms with Crippen LogP contribution in [0.5, 0.6) is 0 Å². The predicted molar refractivity (Wildman–Crippen MR) is 99.6 cm³/mol. The lowest BCUT2D eigenvalue weighted by molar-refractivity contribution is -0.125. The van der Waals surface area contributed by atoms with Gasteiger partial charge in [-0.2, -0.15) is 0 Å². The number of aryl methyl sites for hydroxylation is 2. The Kier molecular flexibility index (Phi) is 6.43. The number of nitrogens with zero attached hydrogens (tertiary/aromatic N) is 1. The Balaban J connectivity index is 1.91. The lowest BCUT2D eigenvalue weighted by atomic mass is 10.1. The Bertz CT molecular complexity index is 656. The molecule has 1 fully saturated rings. The van der Waals surface area contributed by atoms with Crippen molar-refractivity contribution in [1.82, 2.24) is 10.6 Å². The van der Waals surface area contributed by atoms with E-state index in [1.54, 1.807) is 0 Å². The van der Waals surface area contributed by atoms with Gasteiger partial charge in [0.2, 0.25) is 11.8 Å². The van der Waals surface area contributed by atoms with Gasteiger partial charge in [-0.05, 0) is 49.4 Å². The Hall–Kier alpha value is -1.82. The number of hydrogen-bond donors (Lipinski definition) is 2. The third kappa shape index (κ3) is 5.37. The molecule has 5 nitrogen and oxygen atoms in total. The maximum atomic E-state index is 12.0. The molecule has 24 heavy (non-hydrogen) atoms. The van der Waals surface area contributed by atoms with Crippen LogP contribution in [0.3, 0.4) is 0 Å². The summed E-state index contributed by atoms with van der Waals surface area (Å²) in [5.74, 6) is 0.309. The number of benzene rings is 1. The molecule has 1 aromatic rings. The van der Waals surface area contributed by atoms with E-state index < -0.39 is 5.25 Å². The highest BCUT2D eigenvalue weighted by Gasteiger charge is 2.32. The summed E-state index contributed by atoms with van der Waals surface area (Å²) in [4.78, 5) is 28.4. The lowest BCUT2D eigenvalue weighted by Gasteiger charge is -2.08. The van der Waals surface area contributed by atoms with Crippen LogP contribution < -0.4 is 10.6 Å². The van der Waals surface area contributed by atoms with Crippen LogP contribution in [-0.2, 0) is 9.59 Å². The minimum absolute atomic E-state index is 0.0873. The molecule has 0 radical (unpaired) electrons. The van der Waals surface area contributed by atoms with Crippen LogP contribution in [0, 0.1) is 19.8 Å². The summed E-state index contributed by atoms with van der Waals surface area (Å²) >= 11 is 1.32. The van der Waals surface area contributed by atoms with E-state index in [9.17, 15) is 9.59 Å². The molecule has 1 aliphatic rings. The summed E-state index contributed by atoms with van der Waals surface area (Å²) in [7, 11) is 0. The summed E-state index contributed by atoms with van der Waals surface area (Å²) in [5.41, 5.74) is 3.17. The van der Waals surface area contributed by atoms with Crippen LogP contribution >= 0.6 is 11.8 Å². The Morgan fingerprint density at radius 3 is 2.75 bits per heavy atom. The summed E-state index contributed by atoms with van der Waals surface area (Å²) < 4.78 is 0. The fourth-order valence-electron chi connectivity index (χ4n) is 2.25. The summed E-state index contributed by atoms with van der Waals surface area (Å²) in [6, 6.07) is 5.92. The van der Waals surface area contributed by atoms with E-state index >= 15 is 0 Å². The molecule has 0 aromatic heterocycles. The second-order valence-electron chi connectivity index (χ2n) is 6.52. The summed E-state index contributed by atoms with van der Waals surface area (Å²) in [6.07, 6.45) is 1.12. The molecule has 2 amide bonds. The van der Waals surface area contributed by atoms with Crippen LogP contribution in [0.1, 0.15) is 37.8 Å². The zero-order chi connectivity index (χ0) is 17.7. The van der Waals surface area contributed by atoms with Crippen molar-refractivity contribution in [1.29, 1.82) is 0 Å². The topological polar surface area (TPSA) is 70.6 Å². The highest BCUT2D eigenvalue weighted by molar-refractivity contribution is 8.15. The predicted octanol–water partition coefficient (Wildman–Crippen LogP) is 3.07. The first kappa shape index (κ1) is 18.5. The first-order chi connectivity index (χ1) is 11.3. The highest BCUT2D eigenvalue weighted by Crippen LogP contribution is 2.26. The molecule has 1 atom stereocenters. The minimum Gasteiger partial charge on any atom is -0.356 e. The van der Waals surface area contributed by atoms with Gasteiger partial charge in [0.1, 0.15) is 5.25 Å². The van der Waals surface area contributed by atoms with Crippen molar-refractivity contribution in [2.75, 3.05) is 6.54 Å². The second kappa shape index (κ2) is 8.33. The fraction of sp³-hybridized carbons (Fsp3) is 0.500. The fourth-order valence-corrected chi connectivity index (χ4v) is 3.23. The maximum Gasteiger partial charge on any atom is 0.240 e. The van der Waals surface area contributed by atoms with Crippen LogP contribution in [0.2, 0.25) is 0 Å². The Morgan fingerprint density at radius 2 is 2.08 bits per heavy atom. The van der Waals surface area contributed by atoms with Gasteiger partial charge >= 0.3 is 0 Å². The molecule has 1 heterocycles. The van der Waals surface area contributed by atoms with E-state index in [-0.39, 0.29) is 18.2 Å². The standard InChI is InChI=1S/C18H25N3O2S/c1-11(2)7-8-19-16(22)10-15-17(23)21-18(24-15)20-14-6-5-12(3)13(4)9-14/h5-6,9,11,15H,7-8,10H2,1-4H3,(H,19,22)(H,20,21,23)/t15-/m1/s1. The third-order valence-electron chi connectivity index (χ3n) is 3.91. The van der Waals surface area contributed by atoms with E-state index in [0.717, 1.165) is 17.7 Å². The first-order valence-electron chi connectivity index (χ1n) is 8.25. The second-order valence-corrected chi connectivity index (χ2v) is 7.71. The summed E-state index contributed by atoms with van der Waals surface area (Å²) in [6.45, 7) is 8.96. The van der Waals surface area contributed by atoms with Gasteiger partial charge in [0, 0.05) is 13.0 Å². The van der Waals surface area contributed by atoms with Crippen molar-refractivity contribution in [2.45, 2.75) is 45.8 Å². The number of thioether (sulfide) groups is 1. The average molecular weight is 347 g/mol. The normalized spacial score (nSPS) is 19.0. The van der Waals surface area contributed by atoms with Gasteiger partial charge < -0.3 is 10.6 Å². The van der Waals surface area contributed by atoms with Crippen LogP contribution in [0.4, 0.5) is 5.69 Å². The number of amidine groups is 1. The molecule has 2 N–H and O–H groups in total. The zero-order valence-corrected chi connectivity index (χ0v) is 15.5. The van der Waals surface area contributed by atoms with Crippen molar-refractivity contribution >= 4 is 34.4 Å². The van der Waals surface area contributed by atoms with Gasteiger partial charge in [-0.15, -0.1) is 0 Å². The molecule has 0 aliphatic carbocycles. The molecule has 0 unspecified atom stereocenters. The summed E-state index contributed by atoms with van der Waals surface area (Å²) in [5, 5.41) is 5.78. The van der Waals surface area contributed by atoms with E-state index in [2.05, 4.69) is 29.5 Å². The SMILES string of the molecule is Cc1ccc(N=C2NC(=O)[C@@H](CC(=O)NCCC(C)C)S2)cc1C. The molecule has 1 aromatic carbocycles. The third-order valence-corrected chi connectivity index (χ3v) is 4.99. The number of hydrogen-bond acceptors (Lipinski definition) is 4. The maximum absolute atomic E-state index is 12.0. The quantitative estimate of drug-likeness (QED) is 0.831. The van der Waals surface area contributed by atoms with Crippen LogP contribution in [0.25, 0.3) is 0 Å². The van der Waals surface area contributed by atoms with E-state index in [0.29, 0.717) is 17.6 Å². The van der Waals surface area contributed by atoms with Gasteiger partial charge in [-0.3, -0.25) is 9.59 Å². The van der Waals surface area contributed by atoms with Crippen LogP contribution in [-0.4, -0.2) is 28.8 Å². The van der Waals surface area contributed by atoms with Gasteiger partial charge in [-0.1, -0.05) is 31.7 Å². The van der Waals surface area contributed by atoms with Gasteiger partial charge in [0.05, 0.1) is 5.69 Å². The average Bonchev–Trinajstić information content (AvgIpc) is 2.82. The number of carbonyl (C=O) groups is 2. The number of carbonyl (C=O) groups excluding carboxylic acids is 2. The number of rotatable bonds is 6. The molecule has 0 spiro atoms. The minimum atomic E-state index is -0.408.